The van der Waals surface area contributed by atoms with Gasteiger partial charge < -0.3 is 68.6 Å². The number of Topliss-reactive ketones (excluding diaryl/α,β-unsaturated/α-hetero) is 1. The molecule has 0 radical (unpaired) electrons. The van der Waals surface area contributed by atoms with Crippen molar-refractivity contribution >= 4 is 17.7 Å². The number of nitrogens with zero attached hydrogens (tertiary/aromatic N) is 1. The second-order valence-corrected chi connectivity index (χ2v) is 20.1. The van der Waals surface area contributed by atoms with Gasteiger partial charge in [0.2, 0.25) is 5.91 Å². The van der Waals surface area contributed by atoms with E-state index in [1.54, 1.807) is 46.9 Å². The maximum Gasteiger partial charge on any atom is 0.311 e. The number of cyclic esters (lactones) is 1. The molecule has 3 saturated heterocycles. The Labute approximate surface area is 389 Å². The minimum absolute atomic E-state index is 0.0149. The van der Waals surface area contributed by atoms with Gasteiger partial charge in [-0.05, 0) is 92.2 Å². The number of ketones is 1. The zero-order chi connectivity index (χ0) is 49.1. The van der Waals surface area contributed by atoms with Crippen LogP contribution in [0.3, 0.4) is 0 Å². The highest BCUT2D eigenvalue weighted by Crippen LogP contribution is 2.41. The van der Waals surface area contributed by atoms with Crippen molar-refractivity contribution in [1.82, 2.24) is 10.2 Å². The summed E-state index contributed by atoms with van der Waals surface area (Å²) in [6, 6.07) is 10.6. The maximum atomic E-state index is 14.7. The summed E-state index contributed by atoms with van der Waals surface area (Å²) in [6.07, 6.45) is -9.57. The molecule has 372 valence electrons. The lowest BCUT2D eigenvalue weighted by molar-refractivity contribution is -0.318. The number of amides is 1. The number of likely N-dealkylation sites (N-methyl/N-ethyl adjacent to an activating group) is 1. The number of hydrogen-bond donors (Lipinski definition) is 6. The van der Waals surface area contributed by atoms with Crippen molar-refractivity contribution in [3.63, 3.8) is 0 Å². The molecule has 5 rings (SSSR count). The van der Waals surface area contributed by atoms with E-state index < -0.39 is 108 Å². The largest absolute Gasteiger partial charge is 0.464 e. The fourth-order valence-corrected chi connectivity index (χ4v) is 10.1. The monoisotopic (exact) mass is 933 g/mol. The third kappa shape index (κ3) is 12.3. The van der Waals surface area contributed by atoms with Crippen LogP contribution in [0.2, 0.25) is 0 Å². The number of ether oxygens (including phenoxy) is 6. The fraction of sp³-hybridized carbons (Fsp3) is 0.735. The number of nitrogens with one attached hydrogen (secondary N) is 1. The number of furan rings is 1. The lowest BCUT2D eigenvalue weighted by Crippen LogP contribution is -2.61. The topological polar surface area (TPSA) is 236 Å². The summed E-state index contributed by atoms with van der Waals surface area (Å²) in [4.78, 5) is 44.1. The molecule has 3 aliphatic heterocycles. The van der Waals surface area contributed by atoms with Crippen LogP contribution in [0, 0.1) is 23.7 Å². The van der Waals surface area contributed by atoms with Crippen molar-refractivity contribution < 1.29 is 72.8 Å². The Balaban J connectivity index is 1.50. The first-order valence-corrected chi connectivity index (χ1v) is 23.3. The zero-order valence-electron chi connectivity index (χ0n) is 40.7. The van der Waals surface area contributed by atoms with E-state index in [4.69, 9.17) is 32.8 Å². The van der Waals surface area contributed by atoms with Gasteiger partial charge >= 0.3 is 5.97 Å². The first kappa shape index (κ1) is 53.6. The number of methoxy groups -OCH3 is 1. The molecule has 0 bridgehead atoms. The molecular weight excluding hydrogens is 857 g/mol. The number of carbonyl (C=O) groups excluding carboxylic acids is 3. The first-order valence-electron chi connectivity index (χ1n) is 23.3. The molecule has 6 N–H and O–H groups in total. The van der Waals surface area contributed by atoms with Gasteiger partial charge in [0.1, 0.15) is 35.5 Å². The Kier molecular flexibility index (Phi) is 17.8. The van der Waals surface area contributed by atoms with E-state index in [-0.39, 0.29) is 50.3 Å². The third-order valence-electron chi connectivity index (χ3n) is 14.3. The first-order chi connectivity index (χ1) is 30.8. The molecule has 0 unspecified atom stereocenters. The second-order valence-electron chi connectivity index (χ2n) is 20.1. The Morgan fingerprint density at radius 2 is 1.61 bits per heavy atom. The number of aliphatic hydroxyl groups is 5. The van der Waals surface area contributed by atoms with Crippen LogP contribution in [0.5, 0.6) is 0 Å². The molecule has 3 fully saturated rings. The number of carbonyl (C=O) groups is 3. The van der Waals surface area contributed by atoms with Crippen LogP contribution < -0.4 is 5.32 Å². The normalized spacial score (nSPS) is 41.0. The van der Waals surface area contributed by atoms with E-state index in [0.29, 0.717) is 12.2 Å². The number of aliphatic hydroxyl groups excluding tert-OH is 3. The Bertz CT molecular complexity index is 1910. The maximum absolute atomic E-state index is 14.7. The van der Waals surface area contributed by atoms with E-state index in [9.17, 15) is 39.9 Å². The second kappa shape index (κ2) is 22.0. The minimum atomic E-state index is -2.22. The molecule has 0 aliphatic carbocycles. The summed E-state index contributed by atoms with van der Waals surface area (Å²) in [6.45, 7) is 14.3. The quantitative estimate of drug-likeness (QED) is 0.167. The number of esters is 1. The summed E-state index contributed by atoms with van der Waals surface area (Å²) >= 11 is 0. The zero-order valence-corrected chi connectivity index (χ0v) is 40.7. The Morgan fingerprint density at radius 1 is 0.909 bits per heavy atom. The molecule has 0 spiro atoms. The van der Waals surface area contributed by atoms with Gasteiger partial charge in [0.25, 0.3) is 0 Å². The summed E-state index contributed by atoms with van der Waals surface area (Å²) in [5.41, 5.74) is -3.69. The van der Waals surface area contributed by atoms with Gasteiger partial charge in [-0.15, -0.1) is 0 Å². The van der Waals surface area contributed by atoms with Gasteiger partial charge in [-0.3, -0.25) is 14.4 Å². The van der Waals surface area contributed by atoms with E-state index in [2.05, 4.69) is 5.32 Å². The van der Waals surface area contributed by atoms with Crippen LogP contribution in [0.4, 0.5) is 0 Å². The van der Waals surface area contributed by atoms with Crippen LogP contribution >= 0.6 is 0 Å². The number of benzene rings is 1. The van der Waals surface area contributed by atoms with Crippen molar-refractivity contribution in [2.24, 2.45) is 23.7 Å². The van der Waals surface area contributed by atoms with Crippen LogP contribution in [0.1, 0.15) is 93.6 Å². The van der Waals surface area contributed by atoms with Crippen LogP contribution in [-0.2, 0) is 49.2 Å². The van der Waals surface area contributed by atoms with Gasteiger partial charge in [0.05, 0.1) is 60.3 Å². The Morgan fingerprint density at radius 3 is 2.24 bits per heavy atom. The summed E-state index contributed by atoms with van der Waals surface area (Å²) in [5.74, 6) is -5.32. The van der Waals surface area contributed by atoms with E-state index in [1.807, 2.05) is 56.3 Å². The molecule has 3 aliphatic rings. The van der Waals surface area contributed by atoms with Crippen molar-refractivity contribution in [2.75, 3.05) is 27.7 Å². The van der Waals surface area contributed by atoms with Gasteiger partial charge in [-0.2, -0.15) is 0 Å². The Hall–Kier alpha value is -3.33. The van der Waals surface area contributed by atoms with Crippen molar-refractivity contribution in [3.8, 4) is 11.3 Å². The molecule has 17 nitrogen and oxygen atoms in total. The minimum Gasteiger partial charge on any atom is -0.464 e. The average Bonchev–Trinajstić information content (AvgIpc) is 3.81. The summed E-state index contributed by atoms with van der Waals surface area (Å²) < 4.78 is 43.2. The lowest BCUT2D eigenvalue weighted by atomic mass is 9.74. The van der Waals surface area contributed by atoms with Crippen LogP contribution in [0.15, 0.2) is 47.1 Å². The molecule has 1 aromatic carbocycles. The van der Waals surface area contributed by atoms with Gasteiger partial charge in [-0.1, -0.05) is 39.0 Å². The highest BCUT2D eigenvalue weighted by atomic mass is 16.7. The van der Waals surface area contributed by atoms with Gasteiger partial charge in [0.15, 0.2) is 12.6 Å². The number of hydrogen-bond acceptors (Lipinski definition) is 16. The summed E-state index contributed by atoms with van der Waals surface area (Å²) in [7, 11) is 5.13. The van der Waals surface area contributed by atoms with Crippen molar-refractivity contribution in [3.05, 3.63) is 48.2 Å². The molecule has 66 heavy (non-hydrogen) atoms. The molecule has 1 aromatic heterocycles. The van der Waals surface area contributed by atoms with Crippen LogP contribution in [-0.4, -0.2) is 160 Å². The molecule has 1 amide bonds. The predicted octanol–water partition coefficient (Wildman–Crippen LogP) is 3.38. The highest BCUT2D eigenvalue weighted by Gasteiger charge is 2.53. The molecule has 18 atom stereocenters. The van der Waals surface area contributed by atoms with E-state index in [0.717, 1.165) is 11.1 Å². The summed E-state index contributed by atoms with van der Waals surface area (Å²) in [5, 5.41) is 62.1. The lowest BCUT2D eigenvalue weighted by Gasteiger charge is -2.49. The van der Waals surface area contributed by atoms with E-state index >= 15 is 0 Å². The van der Waals surface area contributed by atoms with Crippen molar-refractivity contribution in [2.45, 2.75) is 179 Å². The van der Waals surface area contributed by atoms with E-state index in [1.165, 1.54) is 27.9 Å². The molecular formula is C49H76N2O15. The molecule has 2 aromatic rings. The third-order valence-corrected chi connectivity index (χ3v) is 14.3. The van der Waals surface area contributed by atoms with Gasteiger partial charge in [-0.25, -0.2) is 0 Å². The van der Waals surface area contributed by atoms with Crippen molar-refractivity contribution in [1.29, 1.82) is 0 Å². The molecule has 17 heteroatoms. The molecule has 0 saturated carbocycles. The smallest absolute Gasteiger partial charge is 0.311 e. The fourth-order valence-electron chi connectivity index (χ4n) is 10.1. The standard InChI is InChI=1S/C49H76N2O15/c1-26-24-47(7,58)44(66-46-40(54)34(51(10)11)21-27(2)62-46)29(4)41(65-38-25-48(8,60-12)43(56)31(6)63-38)30(5)45(57)64-36(49(9,59)42(55)28(3)39(26)53)18-19-50-37(52)23-32-15-13-16-33(22-32)35-17-14-20-61-35/h13-17,20,22,26-31,34,36,38,40-44,46,54-56,58-59H,18-19,21,23-25H2,1-12H3,(H,50,52)/t26-,27-,28+,29+,30-,31+,34+,36-,38+,40-,41+,42-,43+,44-,46+,47-,48-,49-/m1/s1. The average molecular weight is 933 g/mol. The highest BCUT2D eigenvalue weighted by molar-refractivity contribution is 5.83. The van der Waals surface area contributed by atoms with Crippen LogP contribution in [0.25, 0.3) is 11.3 Å². The SMILES string of the molecule is CO[C@]1(C)C[C@H](O[C@H]2[C@H](C)[C@@H](O[C@@H]3O[C@H](C)C[C@H](N(C)C)[C@H]3O)[C@](C)(O)C[C@@H](C)C(=O)[C@H](C)[C@@H](O)[C@](C)(O)[C@@H](CCNC(=O)Cc3cccc(-c4ccco4)c3)OC(=O)[C@@H]2C)O[C@@H](C)[C@@H]1O. The number of rotatable bonds is 12. The molecule has 4 heterocycles. The predicted molar refractivity (Wildman–Crippen MR) is 241 cm³/mol. The van der Waals surface area contributed by atoms with Gasteiger partial charge in [0, 0.05) is 55.9 Å².